The van der Waals surface area contributed by atoms with Gasteiger partial charge in [0, 0.05) is 45.1 Å². The first-order valence-corrected chi connectivity index (χ1v) is 5.39. The van der Waals surface area contributed by atoms with Crippen molar-refractivity contribution in [1.29, 1.82) is 0 Å². The normalized spacial score (nSPS) is 22.3. The van der Waals surface area contributed by atoms with Gasteiger partial charge in [-0.1, -0.05) is 6.08 Å². The maximum absolute atomic E-state index is 3.21. The first kappa shape index (κ1) is 10.3. The van der Waals surface area contributed by atoms with Crippen molar-refractivity contribution in [2.24, 2.45) is 0 Å². The second kappa shape index (κ2) is 4.11. The molecule has 0 radical (unpaired) electrons. The van der Waals surface area contributed by atoms with Gasteiger partial charge in [-0.2, -0.15) is 0 Å². The lowest BCUT2D eigenvalue weighted by Crippen LogP contribution is -2.26. The van der Waals surface area contributed by atoms with E-state index in [1.54, 1.807) is 0 Å². The molecule has 3 heteroatoms. The second-order valence-corrected chi connectivity index (χ2v) is 4.25. The van der Waals surface area contributed by atoms with Crippen LogP contribution in [0.1, 0.15) is 0 Å². The van der Waals surface area contributed by atoms with E-state index in [0.717, 1.165) is 19.6 Å². The van der Waals surface area contributed by atoms with Crippen molar-refractivity contribution < 1.29 is 0 Å². The third kappa shape index (κ3) is 2.07. The zero-order valence-electron chi connectivity index (χ0n) is 9.75. The van der Waals surface area contributed by atoms with Gasteiger partial charge in [-0.25, -0.2) is 0 Å². The van der Waals surface area contributed by atoms with E-state index < -0.39 is 0 Å². The summed E-state index contributed by atoms with van der Waals surface area (Å²) in [5.41, 5.74) is 4.02. The molecule has 2 aliphatic rings. The van der Waals surface area contributed by atoms with E-state index in [0.29, 0.717) is 0 Å². The summed E-state index contributed by atoms with van der Waals surface area (Å²) in [5.74, 6) is 0. The number of allylic oxidation sites excluding steroid dienone is 1. The average Bonchev–Trinajstić information content (AvgIpc) is 2.65. The Morgan fingerprint density at radius 1 is 1.20 bits per heavy atom. The smallest absolute Gasteiger partial charge is 0.0430 e. The molecule has 2 aliphatic heterocycles. The highest BCUT2D eigenvalue weighted by Crippen LogP contribution is 2.22. The molecule has 0 aromatic rings. The predicted octanol–water partition coefficient (Wildman–Crippen LogP) is 0.791. The van der Waals surface area contributed by atoms with Gasteiger partial charge >= 0.3 is 0 Å². The molecule has 15 heavy (non-hydrogen) atoms. The molecule has 0 aromatic carbocycles. The van der Waals surface area contributed by atoms with Crippen molar-refractivity contribution in [3.05, 3.63) is 35.2 Å². The predicted molar refractivity (Wildman–Crippen MR) is 63.4 cm³/mol. The standard InChI is InChI=1S/C12H19N3/c1-13-11-5-7-15(3)12(8-11)10-4-6-14(2)9-10/h4-5,8,13H,6-7,9H2,1-3H3. The van der Waals surface area contributed by atoms with E-state index in [1.807, 2.05) is 7.05 Å². The molecule has 3 nitrogen and oxygen atoms in total. The summed E-state index contributed by atoms with van der Waals surface area (Å²) in [4.78, 5) is 4.62. The van der Waals surface area contributed by atoms with E-state index in [2.05, 4.69) is 47.4 Å². The molecule has 0 aliphatic carbocycles. The fourth-order valence-corrected chi connectivity index (χ4v) is 2.03. The molecule has 1 N–H and O–H groups in total. The van der Waals surface area contributed by atoms with Crippen LogP contribution in [0.3, 0.4) is 0 Å². The summed E-state index contributed by atoms with van der Waals surface area (Å²) in [6, 6.07) is 0. The van der Waals surface area contributed by atoms with Crippen LogP contribution in [0.5, 0.6) is 0 Å². The quantitative estimate of drug-likeness (QED) is 0.719. The Morgan fingerprint density at radius 3 is 2.60 bits per heavy atom. The summed E-state index contributed by atoms with van der Waals surface area (Å²) in [6.07, 6.45) is 6.76. The summed E-state index contributed by atoms with van der Waals surface area (Å²) in [5, 5.41) is 3.21. The van der Waals surface area contributed by atoms with Crippen LogP contribution in [-0.4, -0.2) is 50.6 Å². The second-order valence-electron chi connectivity index (χ2n) is 4.25. The van der Waals surface area contributed by atoms with Gasteiger partial charge in [0.2, 0.25) is 0 Å². The lowest BCUT2D eigenvalue weighted by Gasteiger charge is -2.27. The van der Waals surface area contributed by atoms with Crippen LogP contribution in [0.2, 0.25) is 0 Å². The van der Waals surface area contributed by atoms with Gasteiger partial charge in [0.15, 0.2) is 0 Å². The van der Waals surface area contributed by atoms with E-state index in [4.69, 9.17) is 0 Å². The molecular formula is C12H19N3. The minimum absolute atomic E-state index is 0.989. The first-order chi connectivity index (χ1) is 7.20. The maximum Gasteiger partial charge on any atom is 0.0430 e. The topological polar surface area (TPSA) is 18.5 Å². The van der Waals surface area contributed by atoms with Crippen molar-refractivity contribution in [3.8, 4) is 0 Å². The van der Waals surface area contributed by atoms with Crippen molar-refractivity contribution in [3.63, 3.8) is 0 Å². The van der Waals surface area contributed by atoms with Crippen molar-refractivity contribution in [2.45, 2.75) is 0 Å². The van der Waals surface area contributed by atoms with Crippen LogP contribution in [0.15, 0.2) is 35.2 Å². The van der Waals surface area contributed by atoms with Gasteiger partial charge in [0.05, 0.1) is 0 Å². The monoisotopic (exact) mass is 205 g/mol. The molecule has 0 bridgehead atoms. The first-order valence-electron chi connectivity index (χ1n) is 5.39. The SMILES string of the molecule is CNC1=CCN(C)C(C2=CCN(C)C2)=C1. The molecule has 0 saturated heterocycles. The Bertz CT molecular complexity index is 339. The number of nitrogens with zero attached hydrogens (tertiary/aromatic N) is 2. The summed E-state index contributed by atoms with van der Waals surface area (Å²) < 4.78 is 0. The molecule has 0 fully saturated rings. The van der Waals surface area contributed by atoms with Gasteiger partial charge < -0.3 is 10.2 Å². The molecule has 82 valence electrons. The van der Waals surface area contributed by atoms with Crippen LogP contribution in [-0.2, 0) is 0 Å². The lowest BCUT2D eigenvalue weighted by atomic mass is 10.1. The average molecular weight is 205 g/mol. The van der Waals surface area contributed by atoms with Crippen LogP contribution in [0.25, 0.3) is 0 Å². The van der Waals surface area contributed by atoms with Gasteiger partial charge in [-0.05, 0) is 24.8 Å². The maximum atomic E-state index is 3.21. The molecule has 0 atom stereocenters. The molecule has 2 rings (SSSR count). The van der Waals surface area contributed by atoms with Crippen LogP contribution >= 0.6 is 0 Å². The van der Waals surface area contributed by atoms with Gasteiger partial charge in [0.1, 0.15) is 0 Å². The third-order valence-electron chi connectivity index (χ3n) is 3.00. The third-order valence-corrected chi connectivity index (χ3v) is 3.00. The highest BCUT2D eigenvalue weighted by Gasteiger charge is 2.18. The molecule has 2 heterocycles. The van der Waals surface area contributed by atoms with Gasteiger partial charge in [0.25, 0.3) is 0 Å². The van der Waals surface area contributed by atoms with E-state index in [1.165, 1.54) is 17.0 Å². The minimum Gasteiger partial charge on any atom is -0.388 e. The Morgan fingerprint density at radius 2 is 2.00 bits per heavy atom. The molecule has 0 aromatic heterocycles. The lowest BCUT2D eigenvalue weighted by molar-refractivity contribution is 0.414. The van der Waals surface area contributed by atoms with Crippen LogP contribution in [0, 0.1) is 0 Å². The van der Waals surface area contributed by atoms with Crippen LogP contribution < -0.4 is 5.32 Å². The molecule has 0 amide bonds. The number of nitrogens with one attached hydrogen (secondary N) is 1. The fourth-order valence-electron chi connectivity index (χ4n) is 2.03. The Balaban J connectivity index is 2.19. The van der Waals surface area contributed by atoms with Crippen LogP contribution in [0.4, 0.5) is 0 Å². The number of likely N-dealkylation sites (N-methyl/N-ethyl adjacent to an activating group) is 3. The Hall–Kier alpha value is -1.22. The van der Waals surface area contributed by atoms with Crippen molar-refractivity contribution in [2.75, 3.05) is 40.8 Å². The highest BCUT2D eigenvalue weighted by atomic mass is 15.1. The zero-order valence-corrected chi connectivity index (χ0v) is 9.75. The summed E-state index contributed by atoms with van der Waals surface area (Å²) >= 11 is 0. The largest absolute Gasteiger partial charge is 0.388 e. The number of hydrogen-bond acceptors (Lipinski definition) is 3. The Kier molecular flexibility index (Phi) is 2.82. The molecule has 0 spiro atoms. The van der Waals surface area contributed by atoms with E-state index in [9.17, 15) is 0 Å². The fraction of sp³-hybridized carbons (Fsp3) is 0.500. The zero-order chi connectivity index (χ0) is 10.8. The summed E-state index contributed by atoms with van der Waals surface area (Å²) in [6.45, 7) is 3.12. The van der Waals surface area contributed by atoms with Gasteiger partial charge in [-0.15, -0.1) is 0 Å². The highest BCUT2D eigenvalue weighted by molar-refractivity contribution is 5.41. The number of rotatable bonds is 2. The molecule has 0 saturated carbocycles. The Labute approximate surface area is 91.7 Å². The number of hydrogen-bond donors (Lipinski definition) is 1. The van der Waals surface area contributed by atoms with E-state index >= 15 is 0 Å². The van der Waals surface area contributed by atoms with Crippen molar-refractivity contribution in [1.82, 2.24) is 15.1 Å². The molecular weight excluding hydrogens is 186 g/mol. The van der Waals surface area contributed by atoms with E-state index in [-0.39, 0.29) is 0 Å². The van der Waals surface area contributed by atoms with Crippen molar-refractivity contribution >= 4 is 0 Å². The summed E-state index contributed by atoms with van der Waals surface area (Å²) in [7, 11) is 6.27. The minimum atomic E-state index is 0.989. The van der Waals surface area contributed by atoms with Gasteiger partial charge in [-0.3, -0.25) is 4.90 Å². The molecule has 0 unspecified atom stereocenters.